The van der Waals surface area contributed by atoms with Gasteiger partial charge in [0.15, 0.2) is 0 Å². The lowest BCUT2D eigenvalue weighted by Gasteiger charge is -2.20. The van der Waals surface area contributed by atoms with E-state index < -0.39 is 0 Å². The maximum Gasteiger partial charge on any atom is 0.0896 e. The second kappa shape index (κ2) is 5.41. The molecule has 4 nitrogen and oxygen atoms in total. The van der Waals surface area contributed by atoms with Crippen LogP contribution in [0.5, 0.6) is 0 Å². The molecule has 18 heavy (non-hydrogen) atoms. The van der Waals surface area contributed by atoms with Crippen molar-refractivity contribution in [1.29, 1.82) is 0 Å². The van der Waals surface area contributed by atoms with Crippen molar-refractivity contribution in [2.24, 2.45) is 13.0 Å². The molecular weight excluding hydrogens is 226 g/mol. The number of rotatable bonds is 4. The van der Waals surface area contributed by atoms with Crippen molar-refractivity contribution >= 4 is 0 Å². The van der Waals surface area contributed by atoms with Gasteiger partial charge < -0.3 is 10.1 Å². The van der Waals surface area contributed by atoms with Crippen LogP contribution in [-0.4, -0.2) is 29.0 Å². The molecule has 0 spiro atoms. The van der Waals surface area contributed by atoms with Gasteiger partial charge in [-0.2, -0.15) is 5.10 Å². The minimum Gasteiger partial charge on any atom is -0.373 e. The molecule has 2 heterocycles. The molecule has 3 rings (SSSR count). The molecule has 2 fully saturated rings. The fraction of sp³-hybridized carbons (Fsp3) is 0.786. The molecule has 1 aromatic heterocycles. The number of hydrogen-bond acceptors (Lipinski definition) is 3. The lowest BCUT2D eigenvalue weighted by Crippen LogP contribution is -2.32. The summed E-state index contributed by atoms with van der Waals surface area (Å²) in [6, 6.07) is 0.750. The van der Waals surface area contributed by atoms with Crippen molar-refractivity contribution in [2.45, 2.75) is 44.2 Å². The summed E-state index contributed by atoms with van der Waals surface area (Å²) in [5, 5.41) is 7.97. The first kappa shape index (κ1) is 12.2. The predicted octanol–water partition coefficient (Wildman–Crippen LogP) is 2.03. The zero-order valence-corrected chi connectivity index (χ0v) is 11.1. The van der Waals surface area contributed by atoms with Crippen molar-refractivity contribution in [3.8, 4) is 0 Å². The van der Waals surface area contributed by atoms with Crippen molar-refractivity contribution in [1.82, 2.24) is 15.1 Å². The molecule has 2 unspecified atom stereocenters. The summed E-state index contributed by atoms with van der Waals surface area (Å²) in [7, 11) is 1.96. The fourth-order valence-corrected chi connectivity index (χ4v) is 3.25. The van der Waals surface area contributed by atoms with Crippen LogP contribution in [-0.2, 0) is 11.8 Å². The maximum atomic E-state index is 5.89. The SMILES string of the molecule is Cn1cc(C2OCCC2CNC2CCCC2)cn1. The van der Waals surface area contributed by atoms with Crippen molar-refractivity contribution in [3.63, 3.8) is 0 Å². The molecule has 0 radical (unpaired) electrons. The van der Waals surface area contributed by atoms with Gasteiger partial charge in [-0.3, -0.25) is 4.68 Å². The highest BCUT2D eigenvalue weighted by Crippen LogP contribution is 2.34. The molecule has 1 saturated heterocycles. The molecule has 2 atom stereocenters. The lowest BCUT2D eigenvalue weighted by molar-refractivity contribution is 0.0898. The number of aryl methyl sites for hydroxylation is 1. The van der Waals surface area contributed by atoms with E-state index in [9.17, 15) is 0 Å². The van der Waals surface area contributed by atoms with Gasteiger partial charge in [0.05, 0.1) is 12.3 Å². The number of nitrogens with one attached hydrogen (secondary N) is 1. The molecule has 1 aliphatic heterocycles. The first-order valence-corrected chi connectivity index (χ1v) is 7.16. The van der Waals surface area contributed by atoms with Crippen LogP contribution < -0.4 is 5.32 Å². The first-order chi connectivity index (χ1) is 8.83. The molecule has 1 aromatic rings. The van der Waals surface area contributed by atoms with Gasteiger partial charge in [0.2, 0.25) is 0 Å². The first-order valence-electron chi connectivity index (χ1n) is 7.16. The van der Waals surface area contributed by atoms with Gasteiger partial charge in [-0.15, -0.1) is 0 Å². The predicted molar refractivity (Wildman–Crippen MR) is 70.3 cm³/mol. The van der Waals surface area contributed by atoms with E-state index in [0.717, 1.165) is 19.2 Å². The number of aromatic nitrogens is 2. The standard InChI is InChI=1S/C14H23N3O/c1-17-10-12(9-16-17)14-11(6-7-18-14)8-15-13-4-2-3-5-13/h9-11,13-15H,2-8H2,1H3. The molecule has 0 amide bonds. The Morgan fingerprint density at radius 1 is 1.39 bits per heavy atom. The average Bonchev–Trinajstić information content (AvgIpc) is 3.07. The third-order valence-electron chi connectivity index (χ3n) is 4.29. The smallest absolute Gasteiger partial charge is 0.0896 e. The van der Waals surface area contributed by atoms with E-state index in [4.69, 9.17) is 4.74 Å². The molecule has 4 heteroatoms. The third kappa shape index (κ3) is 2.59. The van der Waals surface area contributed by atoms with E-state index in [2.05, 4.69) is 16.6 Å². The summed E-state index contributed by atoms with van der Waals surface area (Å²) in [5.41, 5.74) is 1.23. The van der Waals surface area contributed by atoms with Crippen LogP contribution in [0.4, 0.5) is 0 Å². The van der Waals surface area contributed by atoms with E-state index in [1.165, 1.54) is 37.7 Å². The van der Waals surface area contributed by atoms with Crippen LogP contribution >= 0.6 is 0 Å². The number of hydrogen-bond donors (Lipinski definition) is 1. The second-order valence-corrected chi connectivity index (χ2v) is 5.68. The fourth-order valence-electron chi connectivity index (χ4n) is 3.25. The van der Waals surface area contributed by atoms with Crippen LogP contribution in [0.15, 0.2) is 12.4 Å². The molecule has 2 aliphatic rings. The normalized spacial score (nSPS) is 29.2. The lowest BCUT2D eigenvalue weighted by atomic mass is 9.97. The van der Waals surface area contributed by atoms with Gasteiger partial charge in [-0.1, -0.05) is 12.8 Å². The van der Waals surface area contributed by atoms with E-state index in [0.29, 0.717) is 5.92 Å². The van der Waals surface area contributed by atoms with Crippen LogP contribution in [0.1, 0.15) is 43.8 Å². The molecule has 1 aliphatic carbocycles. The monoisotopic (exact) mass is 249 g/mol. The molecular formula is C14H23N3O. The van der Waals surface area contributed by atoms with Crippen LogP contribution in [0.3, 0.4) is 0 Å². The summed E-state index contributed by atoms with van der Waals surface area (Å²) >= 11 is 0. The summed E-state index contributed by atoms with van der Waals surface area (Å²) in [6.45, 7) is 1.97. The van der Waals surface area contributed by atoms with Crippen LogP contribution in [0.2, 0.25) is 0 Å². The molecule has 0 aromatic carbocycles. The van der Waals surface area contributed by atoms with Crippen molar-refractivity contribution in [2.75, 3.05) is 13.2 Å². The molecule has 1 saturated carbocycles. The summed E-state index contributed by atoms with van der Waals surface area (Å²) < 4.78 is 7.75. The van der Waals surface area contributed by atoms with Gasteiger partial charge in [0, 0.05) is 43.9 Å². The Morgan fingerprint density at radius 3 is 2.94 bits per heavy atom. The Labute approximate surface area is 109 Å². The van der Waals surface area contributed by atoms with Crippen molar-refractivity contribution < 1.29 is 4.74 Å². The van der Waals surface area contributed by atoms with Gasteiger partial charge in [0.1, 0.15) is 0 Å². The van der Waals surface area contributed by atoms with E-state index in [1.807, 2.05) is 17.9 Å². The van der Waals surface area contributed by atoms with Crippen LogP contribution in [0, 0.1) is 5.92 Å². The average molecular weight is 249 g/mol. The summed E-state index contributed by atoms with van der Waals surface area (Å²) in [4.78, 5) is 0. The zero-order valence-electron chi connectivity index (χ0n) is 11.1. The van der Waals surface area contributed by atoms with Crippen LogP contribution in [0.25, 0.3) is 0 Å². The minimum absolute atomic E-state index is 0.243. The Kier molecular flexibility index (Phi) is 3.66. The highest BCUT2D eigenvalue weighted by atomic mass is 16.5. The molecule has 100 valence electrons. The molecule has 1 N–H and O–H groups in total. The number of nitrogens with zero attached hydrogens (tertiary/aromatic N) is 2. The largest absolute Gasteiger partial charge is 0.373 e. The van der Waals surface area contributed by atoms with Gasteiger partial charge in [-0.05, 0) is 19.3 Å². The maximum absolute atomic E-state index is 5.89. The van der Waals surface area contributed by atoms with Gasteiger partial charge >= 0.3 is 0 Å². The van der Waals surface area contributed by atoms with Gasteiger partial charge in [-0.25, -0.2) is 0 Å². The Hall–Kier alpha value is -0.870. The Morgan fingerprint density at radius 2 is 2.22 bits per heavy atom. The second-order valence-electron chi connectivity index (χ2n) is 5.68. The summed E-state index contributed by atoms with van der Waals surface area (Å²) in [6.07, 6.45) is 10.9. The minimum atomic E-state index is 0.243. The highest BCUT2D eigenvalue weighted by molar-refractivity contribution is 5.11. The third-order valence-corrected chi connectivity index (χ3v) is 4.29. The number of ether oxygens (including phenoxy) is 1. The van der Waals surface area contributed by atoms with E-state index in [-0.39, 0.29) is 6.10 Å². The highest BCUT2D eigenvalue weighted by Gasteiger charge is 2.31. The van der Waals surface area contributed by atoms with Crippen molar-refractivity contribution in [3.05, 3.63) is 18.0 Å². The topological polar surface area (TPSA) is 39.1 Å². The Balaban J connectivity index is 1.57. The Bertz CT molecular complexity index is 384. The van der Waals surface area contributed by atoms with E-state index >= 15 is 0 Å². The quantitative estimate of drug-likeness (QED) is 0.887. The molecule has 0 bridgehead atoms. The summed E-state index contributed by atoms with van der Waals surface area (Å²) in [5.74, 6) is 0.606. The zero-order chi connectivity index (χ0) is 12.4. The van der Waals surface area contributed by atoms with E-state index in [1.54, 1.807) is 0 Å². The van der Waals surface area contributed by atoms with Gasteiger partial charge in [0.25, 0.3) is 0 Å².